The number of primary amides is 1. The minimum atomic E-state index is -0.687. The summed E-state index contributed by atoms with van der Waals surface area (Å²) in [6.45, 7) is 6.42. The van der Waals surface area contributed by atoms with E-state index >= 15 is 4.39 Å². The molecule has 0 aromatic heterocycles. The Balaban J connectivity index is 1.75. The van der Waals surface area contributed by atoms with Crippen LogP contribution in [-0.4, -0.2) is 23.3 Å². The van der Waals surface area contributed by atoms with Gasteiger partial charge in [0.15, 0.2) is 0 Å². The van der Waals surface area contributed by atoms with Crippen LogP contribution in [0.1, 0.15) is 45.1 Å². The van der Waals surface area contributed by atoms with Crippen LogP contribution < -0.4 is 5.73 Å². The number of allylic oxidation sites excluding steroid dienone is 1. The Hall–Kier alpha value is -4.06. The molecule has 0 spiro atoms. The third-order valence-corrected chi connectivity index (χ3v) is 6.93. The summed E-state index contributed by atoms with van der Waals surface area (Å²) in [7, 11) is 0. The molecule has 6 heteroatoms. The fraction of sp³-hybridized carbons (Fsp3) is 0.172. The van der Waals surface area contributed by atoms with Gasteiger partial charge in [-0.05, 0) is 83.0 Å². The SMILES string of the molecule is C=CC(=O)N1CCc2c(cccc2-c2c(F)cc(C(N)=O)c3c2C(c2ccc(F)cc2)=C(C)C3)C1. The fourth-order valence-corrected chi connectivity index (χ4v) is 5.37. The summed E-state index contributed by atoms with van der Waals surface area (Å²) in [5.41, 5.74) is 12.6. The van der Waals surface area contributed by atoms with Crippen LogP contribution in [0.25, 0.3) is 16.7 Å². The highest BCUT2D eigenvalue weighted by atomic mass is 19.1. The van der Waals surface area contributed by atoms with Crippen LogP contribution in [0.2, 0.25) is 0 Å². The lowest BCUT2D eigenvalue weighted by Crippen LogP contribution is -2.35. The Morgan fingerprint density at radius 3 is 2.49 bits per heavy atom. The number of halogens is 2. The van der Waals surface area contributed by atoms with Gasteiger partial charge in [-0.1, -0.05) is 42.5 Å². The summed E-state index contributed by atoms with van der Waals surface area (Å²) in [5, 5.41) is 0. The van der Waals surface area contributed by atoms with Gasteiger partial charge in [0.05, 0.1) is 0 Å². The smallest absolute Gasteiger partial charge is 0.249 e. The van der Waals surface area contributed by atoms with Crippen molar-refractivity contribution in [3.63, 3.8) is 0 Å². The molecule has 4 nitrogen and oxygen atoms in total. The van der Waals surface area contributed by atoms with Crippen molar-refractivity contribution in [1.82, 2.24) is 4.90 Å². The summed E-state index contributed by atoms with van der Waals surface area (Å²) in [4.78, 5) is 26.1. The number of hydrogen-bond acceptors (Lipinski definition) is 2. The molecule has 0 unspecified atom stereocenters. The molecule has 2 amide bonds. The Labute approximate surface area is 202 Å². The van der Waals surface area contributed by atoms with Crippen molar-refractivity contribution < 1.29 is 18.4 Å². The predicted molar refractivity (Wildman–Crippen MR) is 131 cm³/mol. The molecule has 0 saturated carbocycles. The van der Waals surface area contributed by atoms with Gasteiger partial charge in [-0.15, -0.1) is 0 Å². The molecular weight excluding hydrogens is 446 g/mol. The van der Waals surface area contributed by atoms with Gasteiger partial charge >= 0.3 is 0 Å². The van der Waals surface area contributed by atoms with Crippen molar-refractivity contribution in [1.29, 1.82) is 0 Å². The molecule has 3 aromatic rings. The zero-order valence-corrected chi connectivity index (χ0v) is 19.3. The van der Waals surface area contributed by atoms with Crippen molar-refractivity contribution in [2.24, 2.45) is 5.73 Å². The lowest BCUT2D eigenvalue weighted by Gasteiger charge is -2.30. The van der Waals surface area contributed by atoms with Crippen LogP contribution in [0, 0.1) is 11.6 Å². The van der Waals surface area contributed by atoms with E-state index in [4.69, 9.17) is 5.73 Å². The lowest BCUT2D eigenvalue weighted by molar-refractivity contribution is -0.126. The molecule has 35 heavy (non-hydrogen) atoms. The van der Waals surface area contributed by atoms with Crippen LogP contribution in [0.5, 0.6) is 0 Å². The van der Waals surface area contributed by atoms with Crippen LogP contribution in [0.4, 0.5) is 8.78 Å². The second-order valence-corrected chi connectivity index (χ2v) is 8.99. The monoisotopic (exact) mass is 470 g/mol. The molecule has 1 aliphatic carbocycles. The molecule has 2 aliphatic rings. The maximum Gasteiger partial charge on any atom is 0.249 e. The topological polar surface area (TPSA) is 63.4 Å². The van der Waals surface area contributed by atoms with E-state index in [0.29, 0.717) is 42.6 Å². The highest BCUT2D eigenvalue weighted by Gasteiger charge is 2.32. The molecular formula is C29H24F2N2O2. The summed E-state index contributed by atoms with van der Waals surface area (Å²) in [6.07, 6.45) is 2.31. The lowest BCUT2D eigenvalue weighted by atomic mass is 9.83. The van der Waals surface area contributed by atoms with E-state index in [1.54, 1.807) is 17.0 Å². The van der Waals surface area contributed by atoms with Gasteiger partial charge in [-0.3, -0.25) is 9.59 Å². The van der Waals surface area contributed by atoms with Gasteiger partial charge in [0.2, 0.25) is 11.8 Å². The maximum absolute atomic E-state index is 15.9. The molecule has 0 bridgehead atoms. The van der Waals surface area contributed by atoms with E-state index in [-0.39, 0.29) is 17.3 Å². The molecule has 1 aliphatic heterocycles. The van der Waals surface area contributed by atoms with E-state index in [2.05, 4.69) is 6.58 Å². The minimum Gasteiger partial charge on any atom is -0.366 e. The van der Waals surface area contributed by atoms with Gasteiger partial charge in [-0.2, -0.15) is 0 Å². The zero-order chi connectivity index (χ0) is 24.9. The second kappa shape index (κ2) is 8.62. The number of rotatable bonds is 4. The fourth-order valence-electron chi connectivity index (χ4n) is 5.37. The molecule has 3 aromatic carbocycles. The van der Waals surface area contributed by atoms with Crippen molar-refractivity contribution >= 4 is 17.4 Å². The Kier molecular flexibility index (Phi) is 5.59. The largest absolute Gasteiger partial charge is 0.366 e. The first-order valence-electron chi connectivity index (χ1n) is 11.4. The number of fused-ring (bicyclic) bond motifs is 2. The molecule has 0 saturated heterocycles. The summed E-state index contributed by atoms with van der Waals surface area (Å²) in [6, 6.07) is 13.0. The number of nitrogens with zero attached hydrogens (tertiary/aromatic N) is 1. The van der Waals surface area contributed by atoms with Crippen LogP contribution in [0.15, 0.2) is 66.8 Å². The van der Waals surface area contributed by atoms with E-state index in [1.165, 1.54) is 24.3 Å². The standard InChI is InChI=1S/C29H24F2N2O2/c1-3-25(34)33-12-11-20-18(15-33)5-4-6-21(20)27-24(31)14-23(29(32)35)22-13-16(2)26(28(22)27)17-7-9-19(30)10-8-17/h3-10,14H,1,11-13,15H2,2H3,(H2,32,35). The number of amides is 2. The molecule has 0 atom stereocenters. The average Bonchev–Trinajstić information content (AvgIpc) is 3.19. The normalized spacial score (nSPS) is 14.5. The number of hydrogen-bond donors (Lipinski definition) is 1. The van der Waals surface area contributed by atoms with Gasteiger partial charge in [-0.25, -0.2) is 8.78 Å². The highest BCUT2D eigenvalue weighted by molar-refractivity contribution is 6.03. The number of carbonyl (C=O) groups excluding carboxylic acids is 2. The Bertz CT molecular complexity index is 1440. The predicted octanol–water partition coefficient (Wildman–Crippen LogP) is 5.18. The first-order valence-corrected chi connectivity index (χ1v) is 11.4. The van der Waals surface area contributed by atoms with Crippen molar-refractivity contribution in [3.8, 4) is 11.1 Å². The van der Waals surface area contributed by atoms with Gasteiger partial charge in [0, 0.05) is 24.2 Å². The first kappa shape index (κ1) is 22.7. The van der Waals surface area contributed by atoms with Gasteiger partial charge < -0.3 is 10.6 Å². The Morgan fingerprint density at radius 2 is 1.80 bits per heavy atom. The molecule has 176 valence electrons. The molecule has 2 N–H and O–H groups in total. The molecule has 5 rings (SSSR count). The highest BCUT2D eigenvalue weighted by Crippen LogP contribution is 2.47. The van der Waals surface area contributed by atoms with Crippen LogP contribution in [0.3, 0.4) is 0 Å². The molecule has 0 radical (unpaired) electrons. The number of nitrogens with two attached hydrogens (primary N) is 1. The number of carbonyl (C=O) groups is 2. The minimum absolute atomic E-state index is 0.143. The van der Waals surface area contributed by atoms with E-state index in [9.17, 15) is 14.0 Å². The van der Waals surface area contributed by atoms with Crippen LogP contribution >= 0.6 is 0 Å². The van der Waals surface area contributed by atoms with E-state index in [0.717, 1.165) is 33.4 Å². The first-order chi connectivity index (χ1) is 16.8. The van der Waals surface area contributed by atoms with Gasteiger partial charge in [0.1, 0.15) is 11.6 Å². The molecule has 0 fully saturated rings. The van der Waals surface area contributed by atoms with Crippen molar-refractivity contribution in [3.05, 3.63) is 112 Å². The average molecular weight is 471 g/mol. The van der Waals surface area contributed by atoms with E-state index < -0.39 is 11.7 Å². The maximum atomic E-state index is 15.9. The third kappa shape index (κ3) is 3.75. The Morgan fingerprint density at radius 1 is 1.06 bits per heavy atom. The summed E-state index contributed by atoms with van der Waals surface area (Å²) < 4.78 is 29.6. The second-order valence-electron chi connectivity index (χ2n) is 8.99. The molecule has 1 heterocycles. The number of benzene rings is 3. The summed E-state index contributed by atoms with van der Waals surface area (Å²) >= 11 is 0. The van der Waals surface area contributed by atoms with Crippen LogP contribution in [-0.2, 0) is 24.2 Å². The van der Waals surface area contributed by atoms with E-state index in [1.807, 2.05) is 25.1 Å². The van der Waals surface area contributed by atoms with Gasteiger partial charge in [0.25, 0.3) is 0 Å². The quantitative estimate of drug-likeness (QED) is 0.534. The zero-order valence-electron chi connectivity index (χ0n) is 19.3. The third-order valence-electron chi connectivity index (χ3n) is 6.93. The summed E-state index contributed by atoms with van der Waals surface area (Å²) in [5.74, 6) is -1.73. The van der Waals surface area contributed by atoms with Crippen molar-refractivity contribution in [2.75, 3.05) is 6.54 Å². The van der Waals surface area contributed by atoms with Crippen molar-refractivity contribution in [2.45, 2.75) is 26.3 Å².